The third kappa shape index (κ3) is 1.55. The Morgan fingerprint density at radius 2 is 2.22 bits per heavy atom. The quantitative estimate of drug-likeness (QED) is 0.792. The van der Waals surface area contributed by atoms with Crippen molar-refractivity contribution in [3.8, 4) is 0 Å². The number of carbonyl (C=O) groups is 1. The highest BCUT2D eigenvalue weighted by atomic mass is 19.1. The Kier molecular flexibility index (Phi) is 2.46. The highest BCUT2D eigenvalue weighted by Gasteiger charge is 2.52. The fraction of sp³-hybridized carbons (Fsp3) is 0.583. The molecule has 3 heterocycles. The molecular formula is C12H15FN4O. The van der Waals surface area contributed by atoms with E-state index < -0.39 is 5.82 Å². The molecule has 0 aromatic carbocycles. The Morgan fingerprint density at radius 3 is 2.83 bits per heavy atom. The number of anilines is 1. The lowest BCUT2D eigenvalue weighted by Gasteiger charge is -2.23. The van der Waals surface area contributed by atoms with E-state index in [4.69, 9.17) is 0 Å². The molecule has 0 saturated carbocycles. The number of aromatic nitrogens is 2. The minimum Gasteiger partial charge on any atom is -0.356 e. The average molecular weight is 250 g/mol. The molecule has 2 atom stereocenters. The summed E-state index contributed by atoms with van der Waals surface area (Å²) in [6.07, 6.45) is 3.17. The van der Waals surface area contributed by atoms with E-state index in [1.807, 2.05) is 4.90 Å². The fourth-order valence-corrected chi connectivity index (χ4v) is 3.00. The van der Waals surface area contributed by atoms with Crippen molar-refractivity contribution < 1.29 is 9.18 Å². The van der Waals surface area contributed by atoms with E-state index in [9.17, 15) is 9.18 Å². The first-order chi connectivity index (χ1) is 8.62. The molecule has 1 aromatic heterocycles. The number of rotatable bonds is 1. The van der Waals surface area contributed by atoms with Crippen LogP contribution in [0.3, 0.4) is 0 Å². The van der Waals surface area contributed by atoms with Gasteiger partial charge in [0.15, 0.2) is 5.82 Å². The van der Waals surface area contributed by atoms with E-state index in [2.05, 4.69) is 22.2 Å². The van der Waals surface area contributed by atoms with Crippen LogP contribution in [0.25, 0.3) is 0 Å². The predicted octanol–water partition coefficient (Wildman–Crippen LogP) is 0.578. The Bertz CT molecular complexity index is 477. The van der Waals surface area contributed by atoms with Crippen molar-refractivity contribution in [1.29, 1.82) is 0 Å². The molecule has 2 aliphatic heterocycles. The molecule has 0 bridgehead atoms. The molecule has 3 rings (SSSR count). The van der Waals surface area contributed by atoms with Crippen molar-refractivity contribution in [1.82, 2.24) is 15.3 Å². The predicted molar refractivity (Wildman–Crippen MR) is 63.4 cm³/mol. The van der Waals surface area contributed by atoms with Crippen LogP contribution in [0.5, 0.6) is 0 Å². The number of carbonyl (C=O) groups excluding carboxylic acids is 1. The van der Waals surface area contributed by atoms with Gasteiger partial charge in [0.1, 0.15) is 0 Å². The van der Waals surface area contributed by atoms with Gasteiger partial charge in [0.2, 0.25) is 11.9 Å². The van der Waals surface area contributed by atoms with Gasteiger partial charge in [-0.25, -0.2) is 14.4 Å². The second-order valence-corrected chi connectivity index (χ2v) is 5.14. The minimum atomic E-state index is -0.445. The second kappa shape index (κ2) is 3.90. The zero-order valence-corrected chi connectivity index (χ0v) is 10.2. The number of hydrogen-bond donors (Lipinski definition) is 1. The van der Waals surface area contributed by atoms with E-state index in [-0.39, 0.29) is 17.2 Å². The van der Waals surface area contributed by atoms with Crippen molar-refractivity contribution in [2.24, 2.45) is 11.3 Å². The van der Waals surface area contributed by atoms with Gasteiger partial charge >= 0.3 is 0 Å². The molecule has 1 N–H and O–H groups in total. The molecule has 18 heavy (non-hydrogen) atoms. The zero-order valence-electron chi connectivity index (χ0n) is 10.2. The molecule has 0 unspecified atom stereocenters. The standard InChI is InChI=1S/C12H15FN4O/c1-8-6-17(11-15-4-9(13)5-16-11)7-12(8)2-3-14-10(12)18/h4-5,8H,2-3,6-7H2,1H3,(H,14,18)/t8-,12-/m1/s1. The summed E-state index contributed by atoms with van der Waals surface area (Å²) >= 11 is 0. The van der Waals surface area contributed by atoms with Crippen LogP contribution < -0.4 is 10.2 Å². The molecule has 6 heteroatoms. The van der Waals surface area contributed by atoms with Crippen molar-refractivity contribution in [2.75, 3.05) is 24.5 Å². The summed E-state index contributed by atoms with van der Waals surface area (Å²) in [5.74, 6) is 0.437. The van der Waals surface area contributed by atoms with E-state index in [0.29, 0.717) is 12.5 Å². The van der Waals surface area contributed by atoms with Gasteiger partial charge in [0.05, 0.1) is 17.8 Å². The van der Waals surface area contributed by atoms with Crippen molar-refractivity contribution in [3.05, 3.63) is 18.2 Å². The Balaban J connectivity index is 1.86. The summed E-state index contributed by atoms with van der Waals surface area (Å²) in [6, 6.07) is 0. The maximum absolute atomic E-state index is 12.8. The van der Waals surface area contributed by atoms with Gasteiger partial charge < -0.3 is 10.2 Å². The Labute approximate surface area is 104 Å². The number of nitrogens with one attached hydrogen (secondary N) is 1. The van der Waals surface area contributed by atoms with Gasteiger partial charge in [-0.15, -0.1) is 0 Å². The molecule has 96 valence electrons. The molecule has 2 fully saturated rings. The van der Waals surface area contributed by atoms with Gasteiger partial charge in [-0.1, -0.05) is 6.92 Å². The van der Waals surface area contributed by atoms with Gasteiger partial charge in [0, 0.05) is 19.6 Å². The summed E-state index contributed by atoms with van der Waals surface area (Å²) in [4.78, 5) is 21.9. The molecule has 2 aliphatic rings. The van der Waals surface area contributed by atoms with E-state index in [1.165, 1.54) is 0 Å². The zero-order chi connectivity index (χ0) is 12.8. The smallest absolute Gasteiger partial charge is 0.228 e. The number of hydrogen-bond acceptors (Lipinski definition) is 4. The molecule has 5 nitrogen and oxygen atoms in total. The van der Waals surface area contributed by atoms with Crippen LogP contribution in [0.1, 0.15) is 13.3 Å². The summed E-state index contributed by atoms with van der Waals surface area (Å²) in [7, 11) is 0. The van der Waals surface area contributed by atoms with Crippen LogP contribution >= 0.6 is 0 Å². The van der Waals surface area contributed by atoms with Crippen LogP contribution in [0.15, 0.2) is 12.4 Å². The van der Waals surface area contributed by atoms with Crippen molar-refractivity contribution >= 4 is 11.9 Å². The normalized spacial score (nSPS) is 31.1. The van der Waals surface area contributed by atoms with Gasteiger partial charge in [-0.05, 0) is 12.3 Å². The monoisotopic (exact) mass is 250 g/mol. The van der Waals surface area contributed by atoms with Crippen LogP contribution in [-0.2, 0) is 4.79 Å². The number of amides is 1. The minimum absolute atomic E-state index is 0.125. The lowest BCUT2D eigenvalue weighted by molar-refractivity contribution is -0.128. The third-order valence-corrected chi connectivity index (χ3v) is 4.11. The maximum atomic E-state index is 12.8. The second-order valence-electron chi connectivity index (χ2n) is 5.14. The summed E-state index contributed by atoms with van der Waals surface area (Å²) < 4.78 is 12.8. The number of nitrogens with zero attached hydrogens (tertiary/aromatic N) is 3. The Hall–Kier alpha value is -1.72. The fourth-order valence-electron chi connectivity index (χ4n) is 3.00. The van der Waals surface area contributed by atoms with Gasteiger partial charge in [0.25, 0.3) is 0 Å². The lowest BCUT2D eigenvalue weighted by Crippen LogP contribution is -2.37. The van der Waals surface area contributed by atoms with Gasteiger partial charge in [-0.3, -0.25) is 4.79 Å². The SMILES string of the molecule is C[C@@H]1CN(c2ncc(F)cn2)C[C@]12CCNC2=O. The summed E-state index contributed by atoms with van der Waals surface area (Å²) in [5.41, 5.74) is -0.322. The highest BCUT2D eigenvalue weighted by Crippen LogP contribution is 2.42. The largest absolute Gasteiger partial charge is 0.356 e. The average Bonchev–Trinajstić information content (AvgIpc) is 2.87. The molecular weight excluding hydrogens is 235 g/mol. The van der Waals surface area contributed by atoms with Gasteiger partial charge in [-0.2, -0.15) is 0 Å². The Morgan fingerprint density at radius 1 is 1.50 bits per heavy atom. The topological polar surface area (TPSA) is 58.1 Å². The van der Waals surface area contributed by atoms with Crippen molar-refractivity contribution in [2.45, 2.75) is 13.3 Å². The first-order valence-corrected chi connectivity index (χ1v) is 6.13. The lowest BCUT2D eigenvalue weighted by atomic mass is 9.78. The maximum Gasteiger partial charge on any atom is 0.228 e. The van der Waals surface area contributed by atoms with Crippen LogP contribution in [0, 0.1) is 17.2 Å². The molecule has 1 amide bonds. The van der Waals surface area contributed by atoms with Crippen LogP contribution in [0.4, 0.5) is 10.3 Å². The third-order valence-electron chi connectivity index (χ3n) is 4.11. The first kappa shape index (κ1) is 11.4. The summed E-state index contributed by atoms with van der Waals surface area (Å²) in [5, 5.41) is 2.90. The molecule has 0 radical (unpaired) electrons. The molecule has 1 spiro atoms. The molecule has 2 saturated heterocycles. The van der Waals surface area contributed by atoms with Crippen LogP contribution in [0.2, 0.25) is 0 Å². The first-order valence-electron chi connectivity index (χ1n) is 6.13. The van der Waals surface area contributed by atoms with Crippen molar-refractivity contribution in [3.63, 3.8) is 0 Å². The van der Waals surface area contributed by atoms with E-state index >= 15 is 0 Å². The summed E-state index contributed by atoms with van der Waals surface area (Å²) in [6.45, 7) is 4.17. The molecule has 1 aromatic rings. The molecule has 0 aliphatic carbocycles. The van der Waals surface area contributed by atoms with E-state index in [0.717, 1.165) is 31.9 Å². The van der Waals surface area contributed by atoms with E-state index in [1.54, 1.807) is 0 Å². The van der Waals surface area contributed by atoms with Crippen LogP contribution in [-0.4, -0.2) is 35.5 Å². The number of halogens is 1. The highest BCUT2D eigenvalue weighted by molar-refractivity contribution is 5.86.